The Morgan fingerprint density at radius 3 is 2.47 bits per heavy atom. The fourth-order valence-corrected chi connectivity index (χ4v) is 6.19. The molecule has 4 heterocycles. The molecule has 2 amide bonds. The van der Waals surface area contributed by atoms with Gasteiger partial charge in [-0.1, -0.05) is 24.1 Å². The van der Waals surface area contributed by atoms with Gasteiger partial charge in [-0.15, -0.1) is 0 Å². The highest BCUT2D eigenvalue weighted by atomic mass is 35.5. The van der Waals surface area contributed by atoms with Crippen molar-refractivity contribution in [3.05, 3.63) is 61.8 Å². The Morgan fingerprint density at radius 1 is 0.974 bits per heavy atom. The van der Waals surface area contributed by atoms with Crippen LogP contribution in [0.5, 0.6) is 5.75 Å². The summed E-state index contributed by atoms with van der Waals surface area (Å²) < 4.78 is 15.0. The summed E-state index contributed by atoms with van der Waals surface area (Å²) in [4.78, 5) is 46.6. The van der Waals surface area contributed by atoms with E-state index in [-0.39, 0.29) is 34.8 Å². The van der Waals surface area contributed by atoms with Gasteiger partial charge in [-0.05, 0) is 69.8 Å². The first-order valence-electron chi connectivity index (χ1n) is 13.5. The number of rotatable bonds is 5. The lowest BCUT2D eigenvalue weighted by Crippen LogP contribution is -2.47. The molecule has 38 heavy (non-hydrogen) atoms. The van der Waals surface area contributed by atoms with E-state index in [1.165, 1.54) is 40.9 Å². The molecule has 8 nitrogen and oxygen atoms in total. The molecule has 1 unspecified atom stereocenters. The maximum Gasteiger partial charge on any atom is 0.294 e. The molecule has 0 radical (unpaired) electrons. The zero-order chi connectivity index (χ0) is 27.0. The maximum atomic E-state index is 14.0. The molecule has 0 aliphatic carbocycles. The molecular formula is C28H34ClFN4O4. The van der Waals surface area contributed by atoms with Gasteiger partial charge >= 0.3 is 0 Å². The van der Waals surface area contributed by atoms with Crippen molar-refractivity contribution in [3.8, 4) is 5.75 Å². The normalized spacial score (nSPS) is 20.7. The van der Waals surface area contributed by atoms with Crippen LogP contribution in [0.15, 0.2) is 23.0 Å². The Hall–Kier alpha value is -2.91. The molecule has 2 aromatic rings. The fourth-order valence-electron chi connectivity index (χ4n) is 5.99. The Kier molecular flexibility index (Phi) is 7.77. The number of nitrogens with zero attached hydrogens (tertiary/aromatic N) is 4. The molecule has 1 atom stereocenters. The van der Waals surface area contributed by atoms with E-state index in [9.17, 15) is 23.9 Å². The van der Waals surface area contributed by atoms with E-state index >= 15 is 0 Å². The van der Waals surface area contributed by atoms with Crippen molar-refractivity contribution >= 4 is 23.4 Å². The fraction of sp³-hybridized carbons (Fsp3) is 0.536. The van der Waals surface area contributed by atoms with E-state index in [0.29, 0.717) is 43.6 Å². The minimum Gasteiger partial charge on any atom is -0.502 e. The minimum atomic E-state index is -0.711. The number of aromatic hydroxyl groups is 1. The number of likely N-dealkylation sites (tertiary alicyclic amines) is 1. The molecule has 3 aliphatic rings. The molecule has 0 bridgehead atoms. The van der Waals surface area contributed by atoms with Crippen molar-refractivity contribution in [3.63, 3.8) is 0 Å². The number of benzene rings is 1. The Bertz CT molecular complexity index is 1310. The third kappa shape index (κ3) is 5.06. The van der Waals surface area contributed by atoms with Gasteiger partial charge in [0.25, 0.3) is 17.4 Å². The summed E-state index contributed by atoms with van der Waals surface area (Å²) in [5.74, 6) is -1.94. The van der Waals surface area contributed by atoms with Crippen LogP contribution in [-0.2, 0) is 13.0 Å². The average molecular weight is 545 g/mol. The van der Waals surface area contributed by atoms with Gasteiger partial charge < -0.3 is 19.8 Å². The van der Waals surface area contributed by atoms with Crippen LogP contribution in [0.3, 0.4) is 0 Å². The number of pyridine rings is 1. The van der Waals surface area contributed by atoms with Gasteiger partial charge in [0.1, 0.15) is 11.5 Å². The summed E-state index contributed by atoms with van der Waals surface area (Å²) in [6, 6.07) is 3.97. The molecule has 10 heteroatoms. The number of piperidine rings is 1. The van der Waals surface area contributed by atoms with Crippen molar-refractivity contribution < 1.29 is 19.1 Å². The van der Waals surface area contributed by atoms with Crippen LogP contribution in [0.1, 0.15) is 77.0 Å². The van der Waals surface area contributed by atoms with Crippen LogP contribution in [-0.4, -0.2) is 75.5 Å². The lowest BCUT2D eigenvalue weighted by Gasteiger charge is -2.36. The van der Waals surface area contributed by atoms with Crippen molar-refractivity contribution in [1.29, 1.82) is 0 Å². The molecule has 3 aliphatic heterocycles. The highest BCUT2D eigenvalue weighted by Gasteiger charge is 2.37. The molecule has 204 valence electrons. The topological polar surface area (TPSA) is 86.1 Å². The first-order chi connectivity index (χ1) is 18.3. The largest absolute Gasteiger partial charge is 0.502 e. The number of hydrogen-bond acceptors (Lipinski definition) is 5. The first kappa shape index (κ1) is 26.7. The summed E-state index contributed by atoms with van der Waals surface area (Å²) in [6.45, 7) is 6.30. The van der Waals surface area contributed by atoms with E-state index in [1.807, 2.05) is 6.92 Å². The third-order valence-electron chi connectivity index (χ3n) is 8.09. The van der Waals surface area contributed by atoms with Crippen molar-refractivity contribution in [2.75, 3.05) is 39.3 Å². The number of carbonyl (C=O) groups excluding carboxylic acids is 2. The lowest BCUT2D eigenvalue weighted by atomic mass is 9.93. The number of carbonyl (C=O) groups is 2. The van der Waals surface area contributed by atoms with Crippen molar-refractivity contribution in [1.82, 2.24) is 19.3 Å². The predicted molar refractivity (Wildman–Crippen MR) is 142 cm³/mol. The zero-order valence-electron chi connectivity index (χ0n) is 21.7. The third-order valence-corrected chi connectivity index (χ3v) is 8.38. The second-order valence-electron chi connectivity index (χ2n) is 10.6. The van der Waals surface area contributed by atoms with Gasteiger partial charge in [0.2, 0.25) is 0 Å². The number of fused-ring (bicyclic) bond motifs is 3. The molecule has 1 aromatic heterocycles. The van der Waals surface area contributed by atoms with E-state index < -0.39 is 23.0 Å². The van der Waals surface area contributed by atoms with Crippen LogP contribution < -0.4 is 5.56 Å². The summed E-state index contributed by atoms with van der Waals surface area (Å²) in [6.07, 6.45) is 5.33. The van der Waals surface area contributed by atoms with Crippen LogP contribution in [0, 0.1) is 5.82 Å². The van der Waals surface area contributed by atoms with Gasteiger partial charge in [0.05, 0.1) is 10.6 Å². The van der Waals surface area contributed by atoms with E-state index in [4.69, 9.17) is 11.6 Å². The standard InChI is InChI=1S/C28H34ClFN4O4/c1-18-6-5-12-32(15-14-31-10-3-2-4-11-31)27(37)24-20-9-13-33(17-19-7-8-22(30)21(29)16-19)26(36)23(20)25(35)28(38)34(18)24/h7-8,16,18,35H,2-6,9-15,17H2,1H3. The summed E-state index contributed by atoms with van der Waals surface area (Å²) in [5.41, 5.74) is 0.480. The molecule has 1 fully saturated rings. The van der Waals surface area contributed by atoms with Gasteiger partial charge in [-0.3, -0.25) is 19.0 Å². The predicted octanol–water partition coefficient (Wildman–Crippen LogP) is 3.83. The molecule has 1 aromatic carbocycles. The van der Waals surface area contributed by atoms with E-state index in [2.05, 4.69) is 4.90 Å². The highest BCUT2D eigenvalue weighted by Crippen LogP contribution is 2.32. The number of aromatic nitrogens is 1. The van der Waals surface area contributed by atoms with Crippen molar-refractivity contribution in [2.24, 2.45) is 0 Å². The van der Waals surface area contributed by atoms with Crippen LogP contribution in [0.4, 0.5) is 4.39 Å². The molecule has 0 saturated carbocycles. The Balaban J connectivity index is 1.49. The van der Waals surface area contributed by atoms with Gasteiger partial charge in [0, 0.05) is 44.3 Å². The van der Waals surface area contributed by atoms with Gasteiger partial charge in [0.15, 0.2) is 5.75 Å². The van der Waals surface area contributed by atoms with Crippen molar-refractivity contribution in [2.45, 2.75) is 58.0 Å². The van der Waals surface area contributed by atoms with Gasteiger partial charge in [-0.2, -0.15) is 0 Å². The summed E-state index contributed by atoms with van der Waals surface area (Å²) in [5, 5.41) is 10.9. The van der Waals surface area contributed by atoms with Crippen LogP contribution in [0.25, 0.3) is 0 Å². The highest BCUT2D eigenvalue weighted by molar-refractivity contribution is 6.30. The SMILES string of the molecule is CC1CCCN(CCN2CCCCC2)C(=O)c2c3c(c(O)c(=O)n21)C(=O)N(Cc1ccc(F)c(Cl)c1)CC3. The monoisotopic (exact) mass is 544 g/mol. The lowest BCUT2D eigenvalue weighted by molar-refractivity contribution is 0.0684. The Labute approximate surface area is 226 Å². The van der Waals surface area contributed by atoms with E-state index in [0.717, 1.165) is 26.1 Å². The molecule has 5 rings (SSSR count). The summed E-state index contributed by atoms with van der Waals surface area (Å²) >= 11 is 5.91. The molecule has 1 N–H and O–H groups in total. The summed E-state index contributed by atoms with van der Waals surface area (Å²) in [7, 11) is 0. The van der Waals surface area contributed by atoms with Crippen LogP contribution >= 0.6 is 11.6 Å². The average Bonchev–Trinajstić information content (AvgIpc) is 2.90. The van der Waals surface area contributed by atoms with E-state index in [1.54, 1.807) is 11.0 Å². The smallest absolute Gasteiger partial charge is 0.294 e. The molecule has 1 saturated heterocycles. The minimum absolute atomic E-state index is 0.0425. The number of amides is 2. The Morgan fingerprint density at radius 2 is 1.74 bits per heavy atom. The first-order valence-corrected chi connectivity index (χ1v) is 13.9. The van der Waals surface area contributed by atoms with Gasteiger partial charge in [-0.25, -0.2) is 4.39 Å². The molecule has 0 spiro atoms. The quantitative estimate of drug-likeness (QED) is 0.618. The number of halogens is 2. The molecular weight excluding hydrogens is 511 g/mol. The second kappa shape index (κ2) is 11.1. The number of hydrogen-bond donors (Lipinski definition) is 1. The van der Waals surface area contributed by atoms with Crippen LogP contribution in [0.2, 0.25) is 5.02 Å². The second-order valence-corrected chi connectivity index (χ2v) is 11.0. The zero-order valence-corrected chi connectivity index (χ0v) is 22.5. The maximum absolute atomic E-state index is 14.0.